The van der Waals surface area contributed by atoms with Crippen molar-refractivity contribution in [1.82, 2.24) is 20.5 Å². The summed E-state index contributed by atoms with van der Waals surface area (Å²) in [7, 11) is 0. The van der Waals surface area contributed by atoms with Crippen LogP contribution in [0.3, 0.4) is 0 Å². The van der Waals surface area contributed by atoms with Crippen molar-refractivity contribution >= 4 is 23.2 Å². The second-order valence-electron chi connectivity index (χ2n) is 5.73. The molecule has 0 unspecified atom stereocenters. The number of halogens is 2. The minimum Gasteiger partial charge on any atom is -0.489 e. The highest BCUT2D eigenvalue weighted by Gasteiger charge is 2.05. The Morgan fingerprint density at radius 3 is 2.62 bits per heavy atom. The van der Waals surface area contributed by atoms with Crippen molar-refractivity contribution in [2.75, 3.05) is 6.54 Å². The van der Waals surface area contributed by atoms with Crippen LogP contribution in [-0.2, 0) is 19.6 Å². The third kappa shape index (κ3) is 5.36. The van der Waals surface area contributed by atoms with E-state index in [0.717, 1.165) is 29.8 Å². The Labute approximate surface area is 160 Å². The Kier molecular flexibility index (Phi) is 6.33. The standard InChI is InChI=1S/C18H18Cl2N4O2/c19-14-7-12(8-15(20)9-14)11-26-16-4-2-1-3-13(16)5-6-21-10-17-22-18(25)24-23-17/h1-4,7-9,21H,5-6,10-11H2,(H2,22,23,24,25). The molecule has 1 aromatic heterocycles. The molecule has 0 saturated heterocycles. The molecule has 3 aromatic rings. The van der Waals surface area contributed by atoms with Crippen molar-refractivity contribution in [2.45, 2.75) is 19.6 Å². The Balaban J connectivity index is 1.54. The molecule has 0 saturated carbocycles. The highest BCUT2D eigenvalue weighted by Crippen LogP contribution is 2.23. The van der Waals surface area contributed by atoms with Crippen molar-refractivity contribution in [2.24, 2.45) is 0 Å². The summed E-state index contributed by atoms with van der Waals surface area (Å²) in [6, 6.07) is 13.2. The van der Waals surface area contributed by atoms with E-state index in [2.05, 4.69) is 20.5 Å². The van der Waals surface area contributed by atoms with Gasteiger partial charge in [-0.05, 0) is 48.4 Å². The lowest BCUT2D eigenvalue weighted by atomic mass is 10.1. The lowest BCUT2D eigenvalue weighted by Gasteiger charge is -2.12. The van der Waals surface area contributed by atoms with Gasteiger partial charge in [0.15, 0.2) is 0 Å². The van der Waals surface area contributed by atoms with Gasteiger partial charge in [-0.15, -0.1) is 0 Å². The van der Waals surface area contributed by atoms with E-state index in [0.29, 0.717) is 29.0 Å². The first-order valence-corrected chi connectivity index (χ1v) is 8.86. The maximum atomic E-state index is 11.0. The zero-order valence-corrected chi connectivity index (χ0v) is 15.4. The predicted octanol–water partition coefficient (Wildman–Crippen LogP) is 3.32. The molecule has 0 atom stereocenters. The average molecular weight is 393 g/mol. The molecule has 3 rings (SSSR count). The van der Waals surface area contributed by atoms with Crippen LogP contribution < -0.4 is 15.7 Å². The SMILES string of the molecule is O=c1[nH]nc(CNCCc2ccccc2OCc2cc(Cl)cc(Cl)c2)[nH]1. The molecule has 3 N–H and O–H groups in total. The third-order valence-corrected chi connectivity index (χ3v) is 4.14. The molecule has 0 aliphatic rings. The summed E-state index contributed by atoms with van der Waals surface area (Å²) >= 11 is 12.0. The number of rotatable bonds is 8. The summed E-state index contributed by atoms with van der Waals surface area (Å²) in [4.78, 5) is 13.6. The quantitative estimate of drug-likeness (QED) is 0.513. The molecule has 0 aliphatic carbocycles. The first kappa shape index (κ1) is 18.5. The summed E-state index contributed by atoms with van der Waals surface area (Å²) in [5.74, 6) is 1.40. The average Bonchev–Trinajstić information content (AvgIpc) is 3.02. The highest BCUT2D eigenvalue weighted by molar-refractivity contribution is 6.34. The first-order chi connectivity index (χ1) is 12.6. The monoisotopic (exact) mass is 392 g/mol. The van der Waals surface area contributed by atoms with Gasteiger partial charge < -0.3 is 10.1 Å². The van der Waals surface area contributed by atoms with Crippen LogP contribution in [0, 0.1) is 0 Å². The van der Waals surface area contributed by atoms with Crippen molar-refractivity contribution in [3.05, 3.63) is 79.9 Å². The van der Waals surface area contributed by atoms with Crippen molar-refractivity contribution in [3.8, 4) is 5.75 Å². The summed E-state index contributed by atoms with van der Waals surface area (Å²) in [6.07, 6.45) is 0.779. The van der Waals surface area contributed by atoms with Gasteiger partial charge in [-0.2, -0.15) is 5.10 Å². The number of nitrogens with one attached hydrogen (secondary N) is 3. The minimum absolute atomic E-state index is 0.304. The molecular weight excluding hydrogens is 375 g/mol. The Hall–Kier alpha value is -2.28. The molecular formula is C18H18Cl2N4O2. The van der Waals surface area contributed by atoms with Gasteiger partial charge in [0, 0.05) is 10.0 Å². The summed E-state index contributed by atoms with van der Waals surface area (Å²) in [6.45, 7) is 1.60. The summed E-state index contributed by atoms with van der Waals surface area (Å²) in [5, 5.41) is 10.6. The molecule has 26 heavy (non-hydrogen) atoms. The zero-order chi connectivity index (χ0) is 18.4. The van der Waals surface area contributed by atoms with Gasteiger partial charge in [0.1, 0.15) is 18.2 Å². The molecule has 1 heterocycles. The number of aromatic nitrogens is 3. The van der Waals surface area contributed by atoms with E-state index in [9.17, 15) is 4.79 Å². The van der Waals surface area contributed by atoms with Crippen LogP contribution >= 0.6 is 23.2 Å². The van der Waals surface area contributed by atoms with E-state index in [4.69, 9.17) is 27.9 Å². The van der Waals surface area contributed by atoms with E-state index in [-0.39, 0.29) is 5.69 Å². The van der Waals surface area contributed by atoms with E-state index >= 15 is 0 Å². The molecule has 2 aromatic carbocycles. The van der Waals surface area contributed by atoms with Crippen LogP contribution in [0.2, 0.25) is 10.0 Å². The molecule has 0 spiro atoms. The van der Waals surface area contributed by atoms with E-state index < -0.39 is 0 Å². The molecule has 0 amide bonds. The van der Waals surface area contributed by atoms with Crippen molar-refractivity contribution in [3.63, 3.8) is 0 Å². The second-order valence-corrected chi connectivity index (χ2v) is 6.60. The predicted molar refractivity (Wildman–Crippen MR) is 102 cm³/mol. The zero-order valence-electron chi connectivity index (χ0n) is 13.9. The van der Waals surface area contributed by atoms with Crippen molar-refractivity contribution in [1.29, 1.82) is 0 Å². The number of para-hydroxylation sites is 1. The molecule has 0 fully saturated rings. The molecule has 0 bridgehead atoms. The molecule has 8 heteroatoms. The largest absolute Gasteiger partial charge is 0.489 e. The van der Waals surface area contributed by atoms with Crippen LogP contribution in [-0.4, -0.2) is 21.7 Å². The van der Waals surface area contributed by atoms with Gasteiger partial charge in [-0.3, -0.25) is 4.98 Å². The van der Waals surface area contributed by atoms with Gasteiger partial charge in [-0.1, -0.05) is 41.4 Å². The normalized spacial score (nSPS) is 10.8. The van der Waals surface area contributed by atoms with Crippen LogP contribution in [0.25, 0.3) is 0 Å². The van der Waals surface area contributed by atoms with Gasteiger partial charge in [-0.25, -0.2) is 9.89 Å². The highest BCUT2D eigenvalue weighted by atomic mass is 35.5. The smallest absolute Gasteiger partial charge is 0.340 e. The van der Waals surface area contributed by atoms with Gasteiger partial charge in [0.05, 0.1) is 6.54 Å². The van der Waals surface area contributed by atoms with Gasteiger partial charge >= 0.3 is 5.69 Å². The fourth-order valence-electron chi connectivity index (χ4n) is 2.53. The van der Waals surface area contributed by atoms with Gasteiger partial charge in [0.25, 0.3) is 0 Å². The number of nitrogens with zero attached hydrogens (tertiary/aromatic N) is 1. The Morgan fingerprint density at radius 2 is 1.88 bits per heavy atom. The van der Waals surface area contributed by atoms with Crippen molar-refractivity contribution < 1.29 is 4.74 Å². The number of ether oxygens (including phenoxy) is 1. The van der Waals surface area contributed by atoms with Crippen LogP contribution in [0.1, 0.15) is 17.0 Å². The molecule has 0 radical (unpaired) electrons. The van der Waals surface area contributed by atoms with Gasteiger partial charge in [0.2, 0.25) is 0 Å². The topological polar surface area (TPSA) is 82.8 Å². The lowest BCUT2D eigenvalue weighted by Crippen LogP contribution is -2.18. The first-order valence-electron chi connectivity index (χ1n) is 8.10. The fourth-order valence-corrected chi connectivity index (χ4v) is 3.10. The fraction of sp³-hybridized carbons (Fsp3) is 0.222. The number of H-pyrrole nitrogens is 2. The minimum atomic E-state index is -0.304. The van der Waals surface area contributed by atoms with Crippen LogP contribution in [0.5, 0.6) is 5.75 Å². The van der Waals surface area contributed by atoms with E-state index in [1.165, 1.54) is 0 Å². The summed E-state index contributed by atoms with van der Waals surface area (Å²) in [5.41, 5.74) is 1.70. The van der Waals surface area contributed by atoms with Crippen LogP contribution in [0.4, 0.5) is 0 Å². The molecule has 136 valence electrons. The Morgan fingerprint density at radius 1 is 1.12 bits per heavy atom. The number of hydrogen-bond donors (Lipinski definition) is 3. The third-order valence-electron chi connectivity index (χ3n) is 3.70. The van der Waals surface area contributed by atoms with Crippen LogP contribution in [0.15, 0.2) is 47.3 Å². The number of hydrogen-bond acceptors (Lipinski definition) is 4. The van der Waals surface area contributed by atoms with E-state index in [1.54, 1.807) is 6.07 Å². The molecule has 6 nitrogen and oxygen atoms in total. The molecule has 0 aliphatic heterocycles. The maximum Gasteiger partial charge on any atom is 0.340 e. The number of benzene rings is 2. The second kappa shape index (κ2) is 8.89. The maximum absolute atomic E-state index is 11.0. The Bertz CT molecular complexity index is 903. The number of aromatic amines is 2. The lowest BCUT2D eigenvalue weighted by molar-refractivity contribution is 0.303. The summed E-state index contributed by atoms with van der Waals surface area (Å²) < 4.78 is 5.94. The van der Waals surface area contributed by atoms with E-state index in [1.807, 2.05) is 36.4 Å².